The third kappa shape index (κ3) is 10.1. The van der Waals surface area contributed by atoms with Crippen molar-refractivity contribution >= 4 is 5.69 Å². The molecule has 0 aromatic heterocycles. The second kappa shape index (κ2) is 14.9. The Bertz CT molecular complexity index is 435. The van der Waals surface area contributed by atoms with Gasteiger partial charge in [-0.05, 0) is 45.2 Å². The minimum Gasteiger partial charge on any atom is -0.385 e. The van der Waals surface area contributed by atoms with Crippen molar-refractivity contribution in [1.29, 1.82) is 0 Å². The molecule has 0 spiro atoms. The summed E-state index contributed by atoms with van der Waals surface area (Å²) >= 11 is 0. The molecule has 0 radical (unpaired) electrons. The summed E-state index contributed by atoms with van der Waals surface area (Å²) in [5.74, 6) is -0.499. The van der Waals surface area contributed by atoms with E-state index in [1.165, 1.54) is 32.1 Å². The number of hydrogen-bond acceptors (Lipinski definition) is 4. The first kappa shape index (κ1) is 23.9. The summed E-state index contributed by atoms with van der Waals surface area (Å²) < 4.78 is 17.9. The molecule has 4 nitrogen and oxygen atoms in total. The van der Waals surface area contributed by atoms with Crippen molar-refractivity contribution in [2.75, 3.05) is 31.7 Å². The van der Waals surface area contributed by atoms with Gasteiger partial charge in [0.15, 0.2) is 0 Å². The highest BCUT2D eigenvalue weighted by Crippen LogP contribution is 2.29. The quantitative estimate of drug-likeness (QED) is 0.257. The number of nitrogens with one attached hydrogen (secondary N) is 1. The van der Waals surface area contributed by atoms with E-state index in [0.29, 0.717) is 25.7 Å². The van der Waals surface area contributed by atoms with Crippen LogP contribution in [0.15, 0.2) is 30.3 Å². The molecule has 0 saturated heterocycles. The molecule has 1 aromatic carbocycles. The van der Waals surface area contributed by atoms with E-state index in [0.717, 1.165) is 25.1 Å². The van der Waals surface area contributed by atoms with Crippen LogP contribution in [0.25, 0.3) is 0 Å². The highest BCUT2D eigenvalue weighted by atomic mass is 16.9. The van der Waals surface area contributed by atoms with Crippen LogP contribution >= 0.6 is 0 Å². The number of anilines is 1. The molecule has 1 rings (SSSR count). The predicted octanol–water partition coefficient (Wildman–Crippen LogP) is 6.23. The normalized spacial score (nSPS) is 12.9. The Morgan fingerprint density at radius 2 is 1.41 bits per heavy atom. The Morgan fingerprint density at radius 1 is 0.815 bits per heavy atom. The summed E-state index contributed by atoms with van der Waals surface area (Å²) in [5, 5.41) is 3.58. The van der Waals surface area contributed by atoms with Crippen LogP contribution in [-0.4, -0.2) is 32.3 Å². The number of benzene rings is 1. The number of unbranched alkanes of at least 4 members (excludes halogenated alkanes) is 4. The molecule has 1 atom stereocenters. The van der Waals surface area contributed by atoms with Gasteiger partial charge in [-0.25, -0.2) is 0 Å². The van der Waals surface area contributed by atoms with Crippen LogP contribution in [0.1, 0.15) is 72.6 Å². The lowest BCUT2D eigenvalue weighted by atomic mass is 9.95. The number of ether oxygens (including phenoxy) is 3. The molecule has 0 fully saturated rings. The van der Waals surface area contributed by atoms with Crippen molar-refractivity contribution in [1.82, 2.24) is 0 Å². The average Bonchev–Trinajstić information content (AvgIpc) is 2.67. The fourth-order valence-corrected chi connectivity index (χ4v) is 3.45. The van der Waals surface area contributed by atoms with Gasteiger partial charge in [-0.1, -0.05) is 57.2 Å². The fraction of sp³-hybridized carbons (Fsp3) is 0.739. The molecule has 0 heterocycles. The summed E-state index contributed by atoms with van der Waals surface area (Å²) in [6.07, 6.45) is 8.36. The summed E-state index contributed by atoms with van der Waals surface area (Å²) in [5.41, 5.74) is 1.16. The first-order valence-corrected chi connectivity index (χ1v) is 10.9. The van der Waals surface area contributed by atoms with Crippen LogP contribution < -0.4 is 5.32 Å². The molecule has 0 aliphatic rings. The zero-order valence-electron chi connectivity index (χ0n) is 18.0. The third-order valence-electron chi connectivity index (χ3n) is 4.72. The summed E-state index contributed by atoms with van der Waals surface area (Å²) in [6.45, 7) is 10.9. The van der Waals surface area contributed by atoms with Crippen LogP contribution in [-0.2, 0) is 14.2 Å². The average molecular weight is 380 g/mol. The monoisotopic (exact) mass is 379 g/mol. The van der Waals surface area contributed by atoms with Gasteiger partial charge in [-0.3, -0.25) is 0 Å². The van der Waals surface area contributed by atoms with Gasteiger partial charge in [0, 0.05) is 38.5 Å². The Kier molecular flexibility index (Phi) is 13.2. The molecule has 1 N–H and O–H groups in total. The zero-order valence-corrected chi connectivity index (χ0v) is 18.0. The Morgan fingerprint density at radius 3 is 1.96 bits per heavy atom. The lowest BCUT2D eigenvalue weighted by molar-refractivity contribution is -0.383. The van der Waals surface area contributed by atoms with Crippen LogP contribution in [0, 0.1) is 5.92 Å². The maximum Gasteiger partial charge on any atom is 0.283 e. The number of para-hydroxylation sites is 1. The second-order valence-corrected chi connectivity index (χ2v) is 7.00. The van der Waals surface area contributed by atoms with E-state index in [9.17, 15) is 0 Å². The smallest absolute Gasteiger partial charge is 0.283 e. The van der Waals surface area contributed by atoms with E-state index in [1.54, 1.807) is 0 Å². The molecule has 156 valence electrons. The Balaban J connectivity index is 2.72. The Labute approximate surface area is 167 Å². The molecule has 0 saturated carbocycles. The fourth-order valence-electron chi connectivity index (χ4n) is 3.45. The van der Waals surface area contributed by atoms with Gasteiger partial charge in [-0.15, -0.1) is 0 Å². The third-order valence-corrected chi connectivity index (χ3v) is 4.72. The van der Waals surface area contributed by atoms with Crippen molar-refractivity contribution in [2.45, 2.75) is 78.6 Å². The summed E-state index contributed by atoms with van der Waals surface area (Å²) in [4.78, 5) is 0. The number of hydrogen-bond donors (Lipinski definition) is 1. The van der Waals surface area contributed by atoms with E-state index in [1.807, 2.05) is 26.8 Å². The van der Waals surface area contributed by atoms with Crippen LogP contribution in [0.2, 0.25) is 0 Å². The van der Waals surface area contributed by atoms with E-state index in [4.69, 9.17) is 14.2 Å². The van der Waals surface area contributed by atoms with E-state index < -0.39 is 5.97 Å². The molecule has 0 amide bonds. The second-order valence-electron chi connectivity index (χ2n) is 7.00. The largest absolute Gasteiger partial charge is 0.385 e. The van der Waals surface area contributed by atoms with Crippen molar-refractivity contribution in [2.24, 2.45) is 5.92 Å². The highest BCUT2D eigenvalue weighted by molar-refractivity contribution is 5.42. The molecule has 0 bridgehead atoms. The molecular formula is C23H41NO3. The van der Waals surface area contributed by atoms with E-state index in [2.05, 4.69) is 36.5 Å². The summed E-state index contributed by atoms with van der Waals surface area (Å²) in [7, 11) is 0. The van der Waals surface area contributed by atoms with Crippen molar-refractivity contribution in [3.63, 3.8) is 0 Å². The predicted molar refractivity (Wildman–Crippen MR) is 114 cm³/mol. The highest BCUT2D eigenvalue weighted by Gasteiger charge is 2.35. The minimum absolute atomic E-state index is 0.427. The van der Waals surface area contributed by atoms with Crippen molar-refractivity contribution in [3.05, 3.63) is 30.3 Å². The minimum atomic E-state index is -0.926. The van der Waals surface area contributed by atoms with Crippen molar-refractivity contribution in [3.8, 4) is 0 Å². The standard InChI is InChI=1S/C23H41NO3/c1-5-9-10-11-13-16-21(20-24-22-17-14-12-15-18-22)19-23(25-6-2,26-7-3)27-8-4/h12,14-15,17-18,21,24H,5-11,13,16,19-20H2,1-4H3. The lowest BCUT2D eigenvalue weighted by Crippen LogP contribution is -2.42. The first-order valence-electron chi connectivity index (χ1n) is 10.9. The maximum atomic E-state index is 5.97. The van der Waals surface area contributed by atoms with Gasteiger partial charge in [0.1, 0.15) is 0 Å². The van der Waals surface area contributed by atoms with Gasteiger partial charge >= 0.3 is 0 Å². The molecule has 0 aliphatic carbocycles. The van der Waals surface area contributed by atoms with Gasteiger partial charge in [0.05, 0.1) is 0 Å². The van der Waals surface area contributed by atoms with Crippen molar-refractivity contribution < 1.29 is 14.2 Å². The number of rotatable bonds is 17. The van der Waals surface area contributed by atoms with Gasteiger partial charge in [0.2, 0.25) is 0 Å². The molecular weight excluding hydrogens is 338 g/mol. The van der Waals surface area contributed by atoms with Crippen LogP contribution in [0.4, 0.5) is 5.69 Å². The van der Waals surface area contributed by atoms with Crippen LogP contribution in [0.3, 0.4) is 0 Å². The van der Waals surface area contributed by atoms with E-state index >= 15 is 0 Å². The molecule has 1 unspecified atom stereocenters. The maximum absolute atomic E-state index is 5.97. The van der Waals surface area contributed by atoms with E-state index in [-0.39, 0.29) is 0 Å². The first-order chi connectivity index (χ1) is 13.2. The topological polar surface area (TPSA) is 39.7 Å². The van der Waals surface area contributed by atoms with Crippen LogP contribution in [0.5, 0.6) is 0 Å². The van der Waals surface area contributed by atoms with Gasteiger partial charge < -0.3 is 19.5 Å². The summed E-state index contributed by atoms with van der Waals surface area (Å²) in [6, 6.07) is 10.4. The van der Waals surface area contributed by atoms with Gasteiger partial charge in [0.25, 0.3) is 5.97 Å². The molecule has 0 aliphatic heterocycles. The molecule has 27 heavy (non-hydrogen) atoms. The molecule has 4 heteroatoms. The molecule has 1 aromatic rings. The SMILES string of the molecule is CCCCCCCC(CNc1ccccc1)CC(OCC)(OCC)OCC. The zero-order chi connectivity index (χ0) is 19.8. The van der Waals surface area contributed by atoms with Gasteiger partial charge in [-0.2, -0.15) is 0 Å². The lowest BCUT2D eigenvalue weighted by Gasteiger charge is -2.35. The Hall–Kier alpha value is -1.10.